The van der Waals surface area contributed by atoms with Crippen LogP contribution in [-0.4, -0.2) is 16.1 Å². The third-order valence-corrected chi connectivity index (χ3v) is 2.77. The number of rotatable bonds is 6. The quantitative estimate of drug-likeness (QED) is 0.802. The van der Waals surface area contributed by atoms with Crippen LogP contribution in [0.2, 0.25) is 0 Å². The lowest BCUT2D eigenvalue weighted by atomic mass is 10.1. The van der Waals surface area contributed by atoms with Gasteiger partial charge in [-0.1, -0.05) is 34.1 Å². The molecule has 3 nitrogen and oxygen atoms in total. The topological polar surface area (TPSA) is 29.9 Å². The van der Waals surface area contributed by atoms with Gasteiger partial charge in [-0.3, -0.25) is 0 Å². The van der Waals surface area contributed by atoms with Crippen LogP contribution in [0.3, 0.4) is 0 Å². The Hall–Kier alpha value is -0.990. The van der Waals surface area contributed by atoms with E-state index >= 15 is 0 Å². The normalized spacial score (nSPS) is 13.1. The number of imidazole rings is 1. The Labute approximate surface area is 99.3 Å². The average Bonchev–Trinajstić information content (AvgIpc) is 2.55. The highest BCUT2D eigenvalue weighted by molar-refractivity contribution is 5.28. The number of nitrogens with zero attached hydrogens (tertiary/aromatic N) is 2. The average molecular weight is 223 g/mol. The van der Waals surface area contributed by atoms with Crippen LogP contribution in [-0.2, 0) is 6.54 Å². The minimum atomic E-state index is 0.647. The van der Waals surface area contributed by atoms with E-state index in [1.165, 1.54) is 6.42 Å². The first-order chi connectivity index (χ1) is 7.52. The summed E-state index contributed by atoms with van der Waals surface area (Å²) >= 11 is 0. The van der Waals surface area contributed by atoms with Crippen LogP contribution in [0.4, 0.5) is 5.95 Å². The first kappa shape index (κ1) is 13.1. The summed E-state index contributed by atoms with van der Waals surface area (Å²) in [5.41, 5.74) is 1.09. The molecule has 0 aliphatic heterocycles. The highest BCUT2D eigenvalue weighted by atomic mass is 15.2. The molecule has 3 heteroatoms. The molecule has 16 heavy (non-hydrogen) atoms. The van der Waals surface area contributed by atoms with Crippen molar-refractivity contribution in [2.45, 2.75) is 47.6 Å². The summed E-state index contributed by atoms with van der Waals surface area (Å²) in [6.07, 6.45) is 3.34. The minimum Gasteiger partial charge on any atom is -0.355 e. The van der Waals surface area contributed by atoms with Crippen molar-refractivity contribution in [3.05, 3.63) is 11.9 Å². The Morgan fingerprint density at radius 1 is 1.38 bits per heavy atom. The molecule has 1 atom stereocenters. The van der Waals surface area contributed by atoms with Gasteiger partial charge in [0.25, 0.3) is 0 Å². The summed E-state index contributed by atoms with van der Waals surface area (Å²) in [5, 5.41) is 3.41. The van der Waals surface area contributed by atoms with E-state index in [1.807, 2.05) is 6.92 Å². The molecule has 1 N–H and O–H groups in total. The molecule has 1 rings (SSSR count). The van der Waals surface area contributed by atoms with E-state index in [2.05, 4.69) is 48.8 Å². The molecule has 0 fully saturated rings. The fourth-order valence-electron chi connectivity index (χ4n) is 1.59. The molecule has 1 aromatic heterocycles. The van der Waals surface area contributed by atoms with Gasteiger partial charge < -0.3 is 9.88 Å². The number of aryl methyl sites for hydroxylation is 1. The molecular weight excluding hydrogens is 198 g/mol. The summed E-state index contributed by atoms with van der Waals surface area (Å²) in [7, 11) is 0. The van der Waals surface area contributed by atoms with Gasteiger partial charge in [-0.2, -0.15) is 0 Å². The molecule has 0 amide bonds. The molecule has 0 saturated heterocycles. The molecule has 1 heterocycles. The number of aromatic nitrogens is 2. The molecule has 0 bridgehead atoms. The van der Waals surface area contributed by atoms with E-state index < -0.39 is 0 Å². The van der Waals surface area contributed by atoms with Crippen molar-refractivity contribution in [3.63, 3.8) is 0 Å². The van der Waals surface area contributed by atoms with Crippen molar-refractivity contribution < 1.29 is 0 Å². The molecule has 0 aliphatic carbocycles. The van der Waals surface area contributed by atoms with Crippen LogP contribution >= 0.6 is 0 Å². The van der Waals surface area contributed by atoms with Crippen molar-refractivity contribution >= 4 is 5.95 Å². The SMILES string of the molecule is CCC(C)Cn1cc(C)nc1NCC(C)C. The lowest BCUT2D eigenvalue weighted by Crippen LogP contribution is -2.14. The predicted molar refractivity (Wildman–Crippen MR) is 69.7 cm³/mol. The van der Waals surface area contributed by atoms with Crippen LogP contribution in [0.15, 0.2) is 6.20 Å². The van der Waals surface area contributed by atoms with Gasteiger partial charge in [0, 0.05) is 19.3 Å². The Kier molecular flexibility index (Phi) is 4.84. The molecule has 1 aromatic rings. The lowest BCUT2D eigenvalue weighted by Gasteiger charge is -2.14. The van der Waals surface area contributed by atoms with E-state index in [1.54, 1.807) is 0 Å². The monoisotopic (exact) mass is 223 g/mol. The van der Waals surface area contributed by atoms with Crippen LogP contribution in [0, 0.1) is 18.8 Å². The number of nitrogens with one attached hydrogen (secondary N) is 1. The van der Waals surface area contributed by atoms with Gasteiger partial charge in [0.15, 0.2) is 0 Å². The van der Waals surface area contributed by atoms with Gasteiger partial charge in [-0.15, -0.1) is 0 Å². The van der Waals surface area contributed by atoms with Crippen molar-refractivity contribution in [3.8, 4) is 0 Å². The maximum absolute atomic E-state index is 4.52. The van der Waals surface area contributed by atoms with E-state index in [0.717, 1.165) is 24.7 Å². The number of hydrogen-bond acceptors (Lipinski definition) is 2. The van der Waals surface area contributed by atoms with Crippen LogP contribution in [0.5, 0.6) is 0 Å². The Balaban J connectivity index is 2.67. The van der Waals surface area contributed by atoms with Crippen molar-refractivity contribution in [2.24, 2.45) is 11.8 Å². The second kappa shape index (κ2) is 5.92. The van der Waals surface area contributed by atoms with Crippen molar-refractivity contribution in [1.82, 2.24) is 9.55 Å². The van der Waals surface area contributed by atoms with Gasteiger partial charge in [-0.25, -0.2) is 4.98 Å². The summed E-state index contributed by atoms with van der Waals surface area (Å²) in [6, 6.07) is 0. The molecule has 0 saturated carbocycles. The first-order valence-corrected chi connectivity index (χ1v) is 6.30. The predicted octanol–water partition coefficient (Wildman–Crippen LogP) is 3.31. The fourth-order valence-corrected chi connectivity index (χ4v) is 1.59. The highest BCUT2D eigenvalue weighted by Crippen LogP contribution is 2.13. The minimum absolute atomic E-state index is 0.647. The highest BCUT2D eigenvalue weighted by Gasteiger charge is 2.08. The standard InChI is InChI=1S/C13H25N3/c1-6-11(4)8-16-9-12(5)15-13(16)14-7-10(2)3/h9-11H,6-8H2,1-5H3,(H,14,15). The van der Waals surface area contributed by atoms with Gasteiger partial charge in [-0.05, 0) is 18.8 Å². The number of anilines is 1. The summed E-state index contributed by atoms with van der Waals surface area (Å²) in [5.74, 6) is 2.37. The summed E-state index contributed by atoms with van der Waals surface area (Å²) in [6.45, 7) is 13.0. The Bertz CT molecular complexity index is 315. The zero-order valence-corrected chi connectivity index (χ0v) is 11.2. The van der Waals surface area contributed by atoms with Gasteiger partial charge >= 0.3 is 0 Å². The van der Waals surface area contributed by atoms with Crippen LogP contribution in [0.25, 0.3) is 0 Å². The Morgan fingerprint density at radius 3 is 2.62 bits per heavy atom. The van der Waals surface area contributed by atoms with Crippen LogP contribution < -0.4 is 5.32 Å². The maximum Gasteiger partial charge on any atom is 0.203 e. The van der Waals surface area contributed by atoms with Crippen molar-refractivity contribution in [1.29, 1.82) is 0 Å². The second-order valence-corrected chi connectivity index (χ2v) is 5.15. The molecular formula is C13H25N3. The molecule has 0 aliphatic rings. The zero-order valence-electron chi connectivity index (χ0n) is 11.2. The second-order valence-electron chi connectivity index (χ2n) is 5.15. The molecule has 0 spiro atoms. The molecule has 0 radical (unpaired) electrons. The van der Waals surface area contributed by atoms with E-state index in [-0.39, 0.29) is 0 Å². The third kappa shape index (κ3) is 3.87. The first-order valence-electron chi connectivity index (χ1n) is 6.30. The van der Waals surface area contributed by atoms with Gasteiger partial charge in [0.2, 0.25) is 5.95 Å². The zero-order chi connectivity index (χ0) is 12.1. The number of hydrogen-bond donors (Lipinski definition) is 1. The van der Waals surface area contributed by atoms with Gasteiger partial charge in [0.1, 0.15) is 0 Å². The lowest BCUT2D eigenvalue weighted by molar-refractivity contribution is 0.470. The molecule has 92 valence electrons. The summed E-state index contributed by atoms with van der Waals surface area (Å²) < 4.78 is 2.24. The molecule has 0 aromatic carbocycles. The van der Waals surface area contributed by atoms with Gasteiger partial charge in [0.05, 0.1) is 5.69 Å². The third-order valence-electron chi connectivity index (χ3n) is 2.77. The van der Waals surface area contributed by atoms with E-state index in [0.29, 0.717) is 11.8 Å². The van der Waals surface area contributed by atoms with Crippen molar-refractivity contribution in [2.75, 3.05) is 11.9 Å². The summed E-state index contributed by atoms with van der Waals surface area (Å²) in [4.78, 5) is 4.52. The smallest absolute Gasteiger partial charge is 0.203 e. The maximum atomic E-state index is 4.52. The Morgan fingerprint density at radius 2 is 2.06 bits per heavy atom. The fraction of sp³-hybridized carbons (Fsp3) is 0.769. The molecule has 1 unspecified atom stereocenters. The van der Waals surface area contributed by atoms with E-state index in [4.69, 9.17) is 0 Å². The largest absolute Gasteiger partial charge is 0.355 e. The van der Waals surface area contributed by atoms with Crippen LogP contribution in [0.1, 0.15) is 39.8 Å². The van der Waals surface area contributed by atoms with E-state index in [9.17, 15) is 0 Å².